The van der Waals surface area contributed by atoms with E-state index in [4.69, 9.17) is 10.9 Å². The molecular formula is C11H21N3O2. The highest BCUT2D eigenvalue weighted by atomic mass is 16.4. The third-order valence-corrected chi connectivity index (χ3v) is 2.97. The van der Waals surface area contributed by atoms with E-state index in [1.807, 2.05) is 13.8 Å². The van der Waals surface area contributed by atoms with Crippen molar-refractivity contribution in [1.82, 2.24) is 4.90 Å². The Kier molecular flexibility index (Phi) is 4.15. The predicted molar refractivity (Wildman–Crippen MR) is 62.1 cm³/mol. The molecular weight excluding hydrogens is 206 g/mol. The molecule has 5 nitrogen and oxygen atoms in total. The van der Waals surface area contributed by atoms with Crippen LogP contribution in [0.5, 0.6) is 0 Å². The van der Waals surface area contributed by atoms with E-state index in [1.54, 1.807) is 11.9 Å². The number of hydrogen-bond acceptors (Lipinski definition) is 3. The van der Waals surface area contributed by atoms with Gasteiger partial charge in [0.05, 0.1) is 0 Å². The molecule has 1 unspecified atom stereocenters. The third-order valence-electron chi connectivity index (χ3n) is 2.97. The van der Waals surface area contributed by atoms with Crippen molar-refractivity contribution in [2.75, 3.05) is 13.6 Å². The lowest BCUT2D eigenvalue weighted by Crippen LogP contribution is -2.43. The highest BCUT2D eigenvalue weighted by Crippen LogP contribution is 2.30. The molecule has 1 amide bonds. The summed E-state index contributed by atoms with van der Waals surface area (Å²) in [7, 11) is 1.78. The molecule has 1 atom stereocenters. The average Bonchev–Trinajstić information content (AvgIpc) is 3.00. The SMILES string of the molecule is CC(C)C(C(=O)N(C)CC1CC1)C(N)=NO. The Morgan fingerprint density at radius 3 is 2.50 bits per heavy atom. The number of carbonyl (C=O) groups excluding carboxylic acids is 1. The lowest BCUT2D eigenvalue weighted by atomic mass is 9.93. The van der Waals surface area contributed by atoms with Gasteiger partial charge in [-0.05, 0) is 24.7 Å². The fraction of sp³-hybridized carbons (Fsp3) is 0.818. The Labute approximate surface area is 96.3 Å². The molecule has 1 fully saturated rings. The quantitative estimate of drug-likeness (QED) is 0.316. The van der Waals surface area contributed by atoms with Gasteiger partial charge in [-0.1, -0.05) is 19.0 Å². The van der Waals surface area contributed by atoms with Crippen LogP contribution in [0.15, 0.2) is 5.16 Å². The van der Waals surface area contributed by atoms with Crippen molar-refractivity contribution in [3.8, 4) is 0 Å². The summed E-state index contributed by atoms with van der Waals surface area (Å²) in [4.78, 5) is 13.8. The highest BCUT2D eigenvalue weighted by Gasteiger charge is 2.32. The van der Waals surface area contributed by atoms with Gasteiger partial charge in [0, 0.05) is 13.6 Å². The van der Waals surface area contributed by atoms with Crippen LogP contribution in [0.3, 0.4) is 0 Å². The van der Waals surface area contributed by atoms with Gasteiger partial charge in [-0.25, -0.2) is 0 Å². The van der Waals surface area contributed by atoms with E-state index >= 15 is 0 Å². The topological polar surface area (TPSA) is 78.9 Å². The minimum Gasteiger partial charge on any atom is -0.409 e. The molecule has 0 spiro atoms. The minimum atomic E-state index is -0.520. The van der Waals surface area contributed by atoms with E-state index in [2.05, 4.69) is 5.16 Å². The first-order valence-corrected chi connectivity index (χ1v) is 5.69. The van der Waals surface area contributed by atoms with Crippen molar-refractivity contribution >= 4 is 11.7 Å². The summed E-state index contributed by atoms with van der Waals surface area (Å²) >= 11 is 0. The standard InChI is InChI=1S/C11H21N3O2/c1-7(2)9(10(12)13-16)11(15)14(3)6-8-4-5-8/h7-9,16H,4-6H2,1-3H3,(H2,12,13). The van der Waals surface area contributed by atoms with E-state index in [0.717, 1.165) is 6.54 Å². The van der Waals surface area contributed by atoms with E-state index in [1.165, 1.54) is 12.8 Å². The van der Waals surface area contributed by atoms with Gasteiger partial charge < -0.3 is 15.8 Å². The molecule has 1 aliphatic carbocycles. The Hall–Kier alpha value is -1.26. The summed E-state index contributed by atoms with van der Waals surface area (Å²) in [5.41, 5.74) is 5.56. The second-order valence-corrected chi connectivity index (χ2v) is 4.91. The maximum Gasteiger partial charge on any atom is 0.233 e. The number of hydrogen-bond donors (Lipinski definition) is 2. The molecule has 0 aromatic rings. The number of amidine groups is 1. The van der Waals surface area contributed by atoms with Gasteiger partial charge in [0.2, 0.25) is 5.91 Å². The van der Waals surface area contributed by atoms with Gasteiger partial charge in [-0.3, -0.25) is 4.79 Å². The van der Waals surface area contributed by atoms with Crippen LogP contribution in [0.2, 0.25) is 0 Å². The Morgan fingerprint density at radius 2 is 2.12 bits per heavy atom. The van der Waals surface area contributed by atoms with Gasteiger partial charge in [0.25, 0.3) is 0 Å². The van der Waals surface area contributed by atoms with E-state index in [0.29, 0.717) is 5.92 Å². The van der Waals surface area contributed by atoms with Crippen molar-refractivity contribution < 1.29 is 10.0 Å². The third kappa shape index (κ3) is 3.12. The molecule has 1 aliphatic rings. The molecule has 1 rings (SSSR count). The molecule has 0 bridgehead atoms. The van der Waals surface area contributed by atoms with Crippen LogP contribution in [0.4, 0.5) is 0 Å². The molecule has 92 valence electrons. The van der Waals surface area contributed by atoms with Crippen LogP contribution in [0.1, 0.15) is 26.7 Å². The molecule has 5 heteroatoms. The first kappa shape index (κ1) is 12.8. The minimum absolute atomic E-state index is 0.00245. The monoisotopic (exact) mass is 227 g/mol. The number of nitrogens with two attached hydrogens (primary N) is 1. The summed E-state index contributed by atoms with van der Waals surface area (Å²) in [6.45, 7) is 4.57. The Morgan fingerprint density at radius 1 is 1.56 bits per heavy atom. The molecule has 3 N–H and O–H groups in total. The molecule has 1 saturated carbocycles. The summed E-state index contributed by atoms with van der Waals surface area (Å²) in [6.07, 6.45) is 2.40. The lowest BCUT2D eigenvalue weighted by molar-refractivity contribution is -0.133. The van der Waals surface area contributed by atoms with E-state index in [9.17, 15) is 4.79 Å². The molecule has 0 aromatic carbocycles. The van der Waals surface area contributed by atoms with Crippen molar-refractivity contribution in [2.24, 2.45) is 28.6 Å². The number of nitrogens with zero attached hydrogens (tertiary/aromatic N) is 2. The highest BCUT2D eigenvalue weighted by molar-refractivity contribution is 6.02. The first-order valence-electron chi connectivity index (χ1n) is 5.69. The van der Waals surface area contributed by atoms with Gasteiger partial charge in [0.15, 0.2) is 5.84 Å². The predicted octanol–water partition coefficient (Wildman–Crippen LogP) is 0.873. The molecule has 0 heterocycles. The average molecular weight is 227 g/mol. The van der Waals surface area contributed by atoms with Gasteiger partial charge in [-0.15, -0.1) is 0 Å². The van der Waals surface area contributed by atoms with Crippen molar-refractivity contribution in [3.63, 3.8) is 0 Å². The molecule has 16 heavy (non-hydrogen) atoms. The molecule has 0 aliphatic heterocycles. The second kappa shape index (κ2) is 5.18. The number of carbonyl (C=O) groups is 1. The zero-order valence-electron chi connectivity index (χ0n) is 10.2. The van der Waals surface area contributed by atoms with Crippen LogP contribution in [0.25, 0.3) is 0 Å². The van der Waals surface area contributed by atoms with Crippen molar-refractivity contribution in [2.45, 2.75) is 26.7 Å². The summed E-state index contributed by atoms with van der Waals surface area (Å²) in [6, 6.07) is 0. The Balaban J connectivity index is 2.65. The zero-order valence-corrected chi connectivity index (χ0v) is 10.2. The van der Waals surface area contributed by atoms with Crippen LogP contribution < -0.4 is 5.73 Å². The Bertz CT molecular complexity index is 285. The number of amides is 1. The normalized spacial score (nSPS) is 18.6. The van der Waals surface area contributed by atoms with Crippen LogP contribution in [-0.4, -0.2) is 35.4 Å². The summed E-state index contributed by atoms with van der Waals surface area (Å²) < 4.78 is 0. The maximum absolute atomic E-state index is 12.1. The van der Waals surface area contributed by atoms with E-state index < -0.39 is 5.92 Å². The first-order chi connectivity index (χ1) is 7.47. The van der Waals surface area contributed by atoms with Gasteiger partial charge in [-0.2, -0.15) is 0 Å². The van der Waals surface area contributed by atoms with Crippen LogP contribution in [-0.2, 0) is 4.79 Å². The van der Waals surface area contributed by atoms with Crippen molar-refractivity contribution in [3.05, 3.63) is 0 Å². The molecule has 0 aromatic heterocycles. The molecule has 0 radical (unpaired) electrons. The van der Waals surface area contributed by atoms with Gasteiger partial charge in [0.1, 0.15) is 5.92 Å². The maximum atomic E-state index is 12.1. The fourth-order valence-electron chi connectivity index (χ4n) is 1.83. The summed E-state index contributed by atoms with van der Waals surface area (Å²) in [5, 5.41) is 11.6. The van der Waals surface area contributed by atoms with Crippen LogP contribution >= 0.6 is 0 Å². The zero-order chi connectivity index (χ0) is 12.3. The van der Waals surface area contributed by atoms with Gasteiger partial charge >= 0.3 is 0 Å². The summed E-state index contributed by atoms with van der Waals surface area (Å²) in [5.74, 6) is 0.104. The largest absolute Gasteiger partial charge is 0.409 e. The van der Waals surface area contributed by atoms with Crippen LogP contribution in [0, 0.1) is 17.8 Å². The number of oxime groups is 1. The smallest absolute Gasteiger partial charge is 0.233 e. The number of rotatable bonds is 5. The van der Waals surface area contributed by atoms with Crippen molar-refractivity contribution in [1.29, 1.82) is 0 Å². The second-order valence-electron chi connectivity index (χ2n) is 4.91. The fourth-order valence-corrected chi connectivity index (χ4v) is 1.83. The molecule has 0 saturated heterocycles. The van der Waals surface area contributed by atoms with E-state index in [-0.39, 0.29) is 17.7 Å². The lowest BCUT2D eigenvalue weighted by Gasteiger charge is -2.25.